The zero-order valence-electron chi connectivity index (χ0n) is 23.4. The summed E-state index contributed by atoms with van der Waals surface area (Å²) in [6.07, 6.45) is 4.02. The number of hydrogen-bond donors (Lipinski definition) is 1. The summed E-state index contributed by atoms with van der Waals surface area (Å²) in [4.78, 5) is 45.8. The van der Waals surface area contributed by atoms with Gasteiger partial charge < -0.3 is 24.4 Å². The van der Waals surface area contributed by atoms with Crippen molar-refractivity contribution in [1.29, 1.82) is 0 Å². The number of aliphatic hydroxyl groups is 1. The molecule has 222 valence electrons. The van der Waals surface area contributed by atoms with Crippen molar-refractivity contribution in [3.05, 3.63) is 85.5 Å². The third kappa shape index (κ3) is 5.18. The highest BCUT2D eigenvalue weighted by atomic mass is 79.9. The maximum Gasteiger partial charge on any atom is 0.311 e. The summed E-state index contributed by atoms with van der Waals surface area (Å²) in [5.74, 6) is -1.89. The number of halogens is 1. The minimum Gasteiger partial charge on any atom is -0.497 e. The van der Waals surface area contributed by atoms with Crippen molar-refractivity contribution in [3.8, 4) is 5.75 Å². The smallest absolute Gasteiger partial charge is 0.311 e. The molecule has 5 rings (SSSR count). The van der Waals surface area contributed by atoms with E-state index in [-0.39, 0.29) is 41.6 Å². The van der Waals surface area contributed by atoms with Gasteiger partial charge in [-0.15, -0.1) is 18.3 Å². The van der Waals surface area contributed by atoms with Gasteiger partial charge in [-0.25, -0.2) is 0 Å². The van der Waals surface area contributed by atoms with E-state index in [1.807, 2.05) is 30.3 Å². The van der Waals surface area contributed by atoms with Crippen LogP contribution in [0.15, 0.2) is 79.9 Å². The molecule has 1 spiro atoms. The van der Waals surface area contributed by atoms with E-state index >= 15 is 0 Å². The summed E-state index contributed by atoms with van der Waals surface area (Å²) in [5.41, 5.74) is 1.56. The molecule has 3 fully saturated rings. The summed E-state index contributed by atoms with van der Waals surface area (Å²) in [7, 11) is 1.58. The van der Waals surface area contributed by atoms with Crippen LogP contribution in [0.3, 0.4) is 0 Å². The molecule has 2 bridgehead atoms. The average molecular weight is 656 g/mol. The fourth-order valence-corrected chi connectivity index (χ4v) is 10.3. The van der Waals surface area contributed by atoms with E-state index in [9.17, 15) is 19.5 Å². The van der Waals surface area contributed by atoms with E-state index in [1.165, 1.54) is 17.8 Å². The van der Waals surface area contributed by atoms with E-state index in [1.54, 1.807) is 47.3 Å². The van der Waals surface area contributed by atoms with Crippen LogP contribution in [0.4, 0.5) is 5.69 Å². The standard InChI is InChI=1S/C32H35BrN2O6S/c1-4-15-34(21-11-13-23(40-3)14-12-21)30(38)28-32-18-24(33)27(42-32)25(31(39)41-16-5-2)26(32)29(37)35(28)22(19-36)17-20-9-7-6-8-10-20/h4-14,22,24-28,36H,1-2,15-19H2,3H3/t22-,24?,25+,26+,27+,28?,32?/m1/s1. The molecule has 8 nitrogen and oxygen atoms in total. The second-order valence-corrected chi connectivity index (χ2v) is 13.5. The summed E-state index contributed by atoms with van der Waals surface area (Å²) >= 11 is 5.30. The largest absolute Gasteiger partial charge is 0.497 e. The van der Waals surface area contributed by atoms with Gasteiger partial charge in [0.15, 0.2) is 0 Å². The van der Waals surface area contributed by atoms with Crippen LogP contribution in [0.25, 0.3) is 0 Å². The molecular formula is C32H35BrN2O6S. The number of hydrogen-bond acceptors (Lipinski definition) is 7. The minimum atomic E-state index is -0.926. The number of rotatable bonds is 12. The van der Waals surface area contributed by atoms with Gasteiger partial charge in [0.1, 0.15) is 18.4 Å². The number of carbonyl (C=O) groups is 3. The molecule has 0 aliphatic carbocycles. The molecule has 2 amide bonds. The maximum atomic E-state index is 14.8. The van der Waals surface area contributed by atoms with Crippen LogP contribution in [-0.2, 0) is 25.5 Å². The molecule has 3 unspecified atom stereocenters. The summed E-state index contributed by atoms with van der Waals surface area (Å²) in [6, 6.07) is 15.1. The van der Waals surface area contributed by atoms with Crippen molar-refractivity contribution in [2.45, 2.75) is 39.7 Å². The number of methoxy groups -OCH3 is 1. The topological polar surface area (TPSA) is 96.4 Å². The number of alkyl halides is 1. The first kappa shape index (κ1) is 30.4. The predicted octanol–water partition coefficient (Wildman–Crippen LogP) is 4.01. The summed E-state index contributed by atoms with van der Waals surface area (Å²) in [6.45, 7) is 7.43. The highest BCUT2D eigenvalue weighted by Gasteiger charge is 2.76. The molecule has 3 saturated heterocycles. The van der Waals surface area contributed by atoms with Crippen LogP contribution in [0, 0.1) is 11.8 Å². The van der Waals surface area contributed by atoms with Crippen LogP contribution in [0.5, 0.6) is 5.75 Å². The molecule has 0 aromatic heterocycles. The lowest BCUT2D eigenvalue weighted by molar-refractivity contribution is -0.153. The van der Waals surface area contributed by atoms with Gasteiger partial charge in [-0.2, -0.15) is 0 Å². The Morgan fingerprint density at radius 1 is 1.19 bits per heavy atom. The average Bonchev–Trinajstić information content (AvgIpc) is 3.61. The van der Waals surface area contributed by atoms with Crippen molar-refractivity contribution in [3.63, 3.8) is 0 Å². The Hall–Kier alpha value is -3.08. The molecule has 1 N–H and O–H groups in total. The highest BCUT2D eigenvalue weighted by molar-refractivity contribution is 9.09. The van der Waals surface area contributed by atoms with Crippen molar-refractivity contribution in [1.82, 2.24) is 4.90 Å². The highest BCUT2D eigenvalue weighted by Crippen LogP contribution is 2.68. The normalized spacial score (nSPS) is 28.2. The minimum absolute atomic E-state index is 0.0392. The van der Waals surface area contributed by atoms with Gasteiger partial charge in [-0.3, -0.25) is 14.4 Å². The second-order valence-electron chi connectivity index (χ2n) is 10.8. The van der Waals surface area contributed by atoms with Crippen molar-refractivity contribution in [2.75, 3.05) is 31.8 Å². The second kappa shape index (κ2) is 12.7. The lowest BCUT2D eigenvalue weighted by Gasteiger charge is -2.40. The van der Waals surface area contributed by atoms with Gasteiger partial charge in [0, 0.05) is 22.3 Å². The zero-order chi connectivity index (χ0) is 30.0. The van der Waals surface area contributed by atoms with Crippen LogP contribution in [-0.4, -0.2) is 81.6 Å². The SMILES string of the molecule is C=CCOC(=O)[C@H]1[C@H]2C(=O)N([C@@H](CO)Cc3ccccc3)C(C(=O)N(CC=C)c3ccc(OC)cc3)C23CC(Br)[C@@H]1S3. The van der Waals surface area contributed by atoms with E-state index in [0.29, 0.717) is 24.3 Å². The molecule has 10 heteroatoms. The Balaban J connectivity index is 1.61. The van der Waals surface area contributed by atoms with Crippen LogP contribution >= 0.6 is 27.7 Å². The van der Waals surface area contributed by atoms with Crippen molar-refractivity contribution < 1.29 is 29.0 Å². The number of nitrogens with zero attached hydrogens (tertiary/aromatic N) is 2. The Bertz CT molecular complexity index is 1340. The molecule has 3 aliphatic heterocycles. The molecule has 3 aliphatic rings. The number of amides is 2. The predicted molar refractivity (Wildman–Crippen MR) is 167 cm³/mol. The van der Waals surface area contributed by atoms with Crippen LogP contribution < -0.4 is 9.64 Å². The quantitative estimate of drug-likeness (QED) is 0.210. The molecule has 7 atom stereocenters. The number of ether oxygens (including phenoxy) is 2. The van der Waals surface area contributed by atoms with E-state index in [4.69, 9.17) is 9.47 Å². The van der Waals surface area contributed by atoms with Gasteiger partial charge >= 0.3 is 5.97 Å². The molecule has 2 aromatic carbocycles. The van der Waals surface area contributed by atoms with Crippen LogP contribution in [0.1, 0.15) is 12.0 Å². The fourth-order valence-electron chi connectivity index (χ4n) is 6.75. The van der Waals surface area contributed by atoms with Crippen LogP contribution in [0.2, 0.25) is 0 Å². The number of aliphatic hydroxyl groups excluding tert-OH is 1. The fraction of sp³-hybridized carbons (Fsp3) is 0.406. The molecule has 2 aromatic rings. The number of esters is 1. The number of likely N-dealkylation sites (tertiary alicyclic amines) is 1. The number of carbonyl (C=O) groups excluding carboxylic acids is 3. The molecule has 0 saturated carbocycles. The monoisotopic (exact) mass is 654 g/mol. The van der Waals surface area contributed by atoms with E-state index in [0.717, 1.165) is 5.56 Å². The van der Waals surface area contributed by atoms with Crippen molar-refractivity contribution >= 4 is 51.2 Å². The van der Waals surface area contributed by atoms with Gasteiger partial charge in [0.05, 0.1) is 36.3 Å². The molecule has 0 radical (unpaired) electrons. The third-order valence-electron chi connectivity index (χ3n) is 8.46. The molecule has 3 heterocycles. The number of anilines is 1. The maximum absolute atomic E-state index is 14.8. The van der Waals surface area contributed by atoms with E-state index in [2.05, 4.69) is 29.1 Å². The van der Waals surface area contributed by atoms with Crippen molar-refractivity contribution in [2.24, 2.45) is 11.8 Å². The van der Waals surface area contributed by atoms with Gasteiger partial charge in [0.2, 0.25) is 5.91 Å². The Morgan fingerprint density at radius 3 is 2.52 bits per heavy atom. The third-order valence-corrected chi connectivity index (χ3v) is 11.7. The van der Waals surface area contributed by atoms with Gasteiger partial charge in [-0.05, 0) is 42.7 Å². The van der Waals surface area contributed by atoms with Gasteiger partial charge in [0.25, 0.3) is 5.91 Å². The number of fused-ring (bicyclic) bond motifs is 1. The summed E-state index contributed by atoms with van der Waals surface area (Å²) < 4.78 is 9.91. The zero-order valence-corrected chi connectivity index (χ0v) is 25.8. The van der Waals surface area contributed by atoms with E-state index < -0.39 is 34.6 Å². The number of benzene rings is 2. The van der Waals surface area contributed by atoms with Gasteiger partial charge in [-0.1, -0.05) is 65.0 Å². The Kier molecular flexibility index (Phi) is 9.15. The first-order chi connectivity index (χ1) is 20.3. The molecular weight excluding hydrogens is 620 g/mol. The first-order valence-electron chi connectivity index (χ1n) is 13.9. The lowest BCUT2D eigenvalue weighted by Crippen LogP contribution is -2.58. The first-order valence-corrected chi connectivity index (χ1v) is 15.7. The summed E-state index contributed by atoms with van der Waals surface area (Å²) in [5, 5.41) is 10.5. The number of thioether (sulfide) groups is 1. The molecule has 42 heavy (non-hydrogen) atoms. The lowest BCUT2D eigenvalue weighted by atomic mass is 9.71. The Morgan fingerprint density at radius 2 is 1.90 bits per heavy atom. The Labute approximate surface area is 258 Å².